The van der Waals surface area contributed by atoms with Crippen molar-refractivity contribution in [3.63, 3.8) is 0 Å². The van der Waals surface area contributed by atoms with E-state index in [-0.39, 0.29) is 5.54 Å². The molecule has 116 valence electrons. The number of hydrogen-bond donors (Lipinski definition) is 1. The Labute approximate surface area is 129 Å². The molecule has 1 unspecified atom stereocenters. The quantitative estimate of drug-likeness (QED) is 0.921. The van der Waals surface area contributed by atoms with Gasteiger partial charge in [-0.25, -0.2) is 0 Å². The third-order valence-corrected chi connectivity index (χ3v) is 5.41. The molecule has 1 aromatic rings. The molecule has 1 atom stereocenters. The summed E-state index contributed by atoms with van der Waals surface area (Å²) in [5.41, 5.74) is 9.43. The largest absolute Gasteiger partial charge is 0.328 e. The van der Waals surface area contributed by atoms with Crippen molar-refractivity contribution in [3.05, 3.63) is 35.4 Å². The second-order valence-corrected chi connectivity index (χ2v) is 6.58. The Morgan fingerprint density at radius 1 is 1.14 bits per heavy atom. The average molecular weight is 287 g/mol. The minimum Gasteiger partial charge on any atom is -0.328 e. The summed E-state index contributed by atoms with van der Waals surface area (Å²) >= 11 is 0. The Bertz CT molecular complexity index is 465. The van der Waals surface area contributed by atoms with E-state index in [1.165, 1.54) is 56.4 Å². The summed E-state index contributed by atoms with van der Waals surface area (Å²) in [6, 6.07) is 8.97. The first kappa shape index (κ1) is 15.0. The molecule has 1 aliphatic heterocycles. The monoisotopic (exact) mass is 287 g/mol. The zero-order valence-corrected chi connectivity index (χ0v) is 13.4. The van der Waals surface area contributed by atoms with Gasteiger partial charge >= 0.3 is 0 Å². The first-order chi connectivity index (χ1) is 10.3. The fourth-order valence-corrected chi connectivity index (χ4v) is 4.28. The van der Waals surface area contributed by atoms with E-state index >= 15 is 0 Å². The molecular formula is C18H29N3. The summed E-state index contributed by atoms with van der Waals surface area (Å²) in [6.07, 6.45) is 4.95. The van der Waals surface area contributed by atoms with Crippen molar-refractivity contribution in [1.82, 2.24) is 9.80 Å². The third kappa shape index (κ3) is 2.75. The zero-order valence-electron chi connectivity index (χ0n) is 13.4. The number of piperazine rings is 1. The van der Waals surface area contributed by atoms with Crippen LogP contribution in [0.4, 0.5) is 0 Å². The van der Waals surface area contributed by atoms with Crippen LogP contribution in [0.1, 0.15) is 37.3 Å². The van der Waals surface area contributed by atoms with Crippen LogP contribution < -0.4 is 5.73 Å². The van der Waals surface area contributed by atoms with Gasteiger partial charge in [0.2, 0.25) is 0 Å². The second kappa shape index (κ2) is 6.47. The third-order valence-electron chi connectivity index (χ3n) is 5.41. The lowest BCUT2D eigenvalue weighted by molar-refractivity contribution is 0.0226. The second-order valence-electron chi connectivity index (χ2n) is 6.58. The minimum atomic E-state index is 0.0904. The normalized spacial score (nSPS) is 27.5. The molecule has 2 N–H and O–H groups in total. The number of nitrogens with two attached hydrogens (primary N) is 1. The topological polar surface area (TPSA) is 32.5 Å². The first-order valence-electron chi connectivity index (χ1n) is 8.56. The van der Waals surface area contributed by atoms with Crippen molar-refractivity contribution in [2.75, 3.05) is 39.3 Å². The lowest BCUT2D eigenvalue weighted by Crippen LogP contribution is -2.59. The molecule has 1 saturated heterocycles. The van der Waals surface area contributed by atoms with Crippen LogP contribution in [-0.2, 0) is 12.0 Å². The van der Waals surface area contributed by atoms with Crippen LogP contribution in [0.3, 0.4) is 0 Å². The van der Waals surface area contributed by atoms with Crippen LogP contribution >= 0.6 is 0 Å². The van der Waals surface area contributed by atoms with Crippen molar-refractivity contribution in [2.24, 2.45) is 5.73 Å². The van der Waals surface area contributed by atoms with Crippen molar-refractivity contribution in [3.8, 4) is 0 Å². The molecule has 0 spiro atoms. The summed E-state index contributed by atoms with van der Waals surface area (Å²) in [5.74, 6) is 0. The molecule has 1 aliphatic carbocycles. The minimum absolute atomic E-state index is 0.0904. The molecule has 0 aromatic heterocycles. The number of hydrogen-bond acceptors (Lipinski definition) is 3. The zero-order chi connectivity index (χ0) is 14.7. The molecule has 0 saturated carbocycles. The Balaban J connectivity index is 1.82. The van der Waals surface area contributed by atoms with Crippen LogP contribution in [-0.4, -0.2) is 49.1 Å². The SMILES string of the molecule is CCCN1CCN(C2(CN)CCCc3ccccc32)CC1. The Morgan fingerprint density at radius 2 is 1.90 bits per heavy atom. The maximum absolute atomic E-state index is 6.32. The highest BCUT2D eigenvalue weighted by molar-refractivity contribution is 5.37. The lowest BCUT2D eigenvalue weighted by atomic mass is 9.75. The standard InChI is InChI=1S/C18H29N3/c1-2-10-20-11-13-21(14-12-20)18(15-19)9-5-7-16-6-3-4-8-17(16)18/h3-4,6,8H,2,5,7,9-15,19H2,1H3. The van der Waals surface area contributed by atoms with E-state index in [9.17, 15) is 0 Å². The Hall–Kier alpha value is -0.900. The number of aryl methyl sites for hydroxylation is 1. The van der Waals surface area contributed by atoms with Gasteiger partial charge in [0.05, 0.1) is 5.54 Å². The molecule has 2 aliphatic rings. The molecule has 1 aromatic carbocycles. The molecule has 21 heavy (non-hydrogen) atoms. The van der Waals surface area contributed by atoms with Gasteiger partial charge in [-0.15, -0.1) is 0 Å². The number of fused-ring (bicyclic) bond motifs is 1. The predicted molar refractivity (Wildman–Crippen MR) is 88.4 cm³/mol. The van der Waals surface area contributed by atoms with Crippen molar-refractivity contribution >= 4 is 0 Å². The molecule has 3 heteroatoms. The van der Waals surface area contributed by atoms with E-state index in [2.05, 4.69) is 41.0 Å². The van der Waals surface area contributed by atoms with E-state index in [1.807, 2.05) is 0 Å². The van der Waals surface area contributed by atoms with Gasteiger partial charge in [0.15, 0.2) is 0 Å². The first-order valence-corrected chi connectivity index (χ1v) is 8.56. The van der Waals surface area contributed by atoms with Crippen molar-refractivity contribution < 1.29 is 0 Å². The van der Waals surface area contributed by atoms with Gasteiger partial charge in [-0.05, 0) is 43.4 Å². The fourth-order valence-electron chi connectivity index (χ4n) is 4.28. The highest BCUT2D eigenvalue weighted by Gasteiger charge is 2.41. The Kier molecular flexibility index (Phi) is 4.63. The van der Waals surface area contributed by atoms with Gasteiger partial charge in [-0.3, -0.25) is 4.90 Å². The van der Waals surface area contributed by atoms with Gasteiger partial charge in [-0.2, -0.15) is 0 Å². The maximum Gasteiger partial charge on any atom is 0.0587 e. The molecule has 1 fully saturated rings. The highest BCUT2D eigenvalue weighted by atomic mass is 15.3. The highest BCUT2D eigenvalue weighted by Crippen LogP contribution is 2.39. The molecular weight excluding hydrogens is 258 g/mol. The van der Waals surface area contributed by atoms with E-state index < -0.39 is 0 Å². The smallest absolute Gasteiger partial charge is 0.0587 e. The molecule has 0 amide bonds. The van der Waals surface area contributed by atoms with Crippen molar-refractivity contribution in [2.45, 2.75) is 38.1 Å². The van der Waals surface area contributed by atoms with Crippen molar-refractivity contribution in [1.29, 1.82) is 0 Å². The van der Waals surface area contributed by atoms with Gasteiger partial charge in [0.1, 0.15) is 0 Å². The molecule has 3 nitrogen and oxygen atoms in total. The molecule has 0 bridgehead atoms. The van der Waals surface area contributed by atoms with Crippen LogP contribution in [0.5, 0.6) is 0 Å². The van der Waals surface area contributed by atoms with Gasteiger partial charge in [0.25, 0.3) is 0 Å². The number of rotatable bonds is 4. The van der Waals surface area contributed by atoms with Gasteiger partial charge < -0.3 is 10.6 Å². The van der Waals surface area contributed by atoms with E-state index in [4.69, 9.17) is 5.73 Å². The summed E-state index contributed by atoms with van der Waals surface area (Å²) in [4.78, 5) is 5.27. The van der Waals surface area contributed by atoms with E-state index in [0.29, 0.717) is 0 Å². The van der Waals surface area contributed by atoms with Crippen LogP contribution in [0, 0.1) is 0 Å². The van der Waals surface area contributed by atoms with Gasteiger partial charge in [-0.1, -0.05) is 31.2 Å². The average Bonchev–Trinajstić information content (AvgIpc) is 2.55. The summed E-state index contributed by atoms with van der Waals surface area (Å²) in [7, 11) is 0. The fraction of sp³-hybridized carbons (Fsp3) is 0.667. The van der Waals surface area contributed by atoms with Crippen LogP contribution in [0.15, 0.2) is 24.3 Å². The lowest BCUT2D eigenvalue weighted by Gasteiger charge is -2.50. The van der Waals surface area contributed by atoms with E-state index in [1.54, 1.807) is 0 Å². The number of nitrogens with zero attached hydrogens (tertiary/aromatic N) is 2. The van der Waals surface area contributed by atoms with E-state index in [0.717, 1.165) is 19.6 Å². The predicted octanol–water partition coefficient (Wildman–Crippen LogP) is 2.20. The number of benzene rings is 1. The van der Waals surface area contributed by atoms with Crippen LogP contribution in [0.2, 0.25) is 0 Å². The molecule has 0 radical (unpaired) electrons. The molecule has 1 heterocycles. The van der Waals surface area contributed by atoms with Crippen LogP contribution in [0.25, 0.3) is 0 Å². The molecule has 3 rings (SSSR count). The Morgan fingerprint density at radius 3 is 2.62 bits per heavy atom. The summed E-state index contributed by atoms with van der Waals surface area (Å²) < 4.78 is 0. The van der Waals surface area contributed by atoms with Gasteiger partial charge in [0, 0.05) is 32.7 Å². The summed E-state index contributed by atoms with van der Waals surface area (Å²) in [5, 5.41) is 0. The summed E-state index contributed by atoms with van der Waals surface area (Å²) in [6.45, 7) is 8.95. The maximum atomic E-state index is 6.32.